The highest BCUT2D eigenvalue weighted by atomic mass is 16.5. The van der Waals surface area contributed by atoms with Gasteiger partial charge in [0.1, 0.15) is 0 Å². The molecule has 1 aromatic rings. The van der Waals surface area contributed by atoms with Crippen LogP contribution in [0.1, 0.15) is 41.3 Å². The fourth-order valence-electron chi connectivity index (χ4n) is 1.96. The Hall–Kier alpha value is -1.35. The molecule has 3 nitrogen and oxygen atoms in total. The minimum absolute atomic E-state index is 0.343. The number of esters is 1. The summed E-state index contributed by atoms with van der Waals surface area (Å²) in [5.74, 6) is 0.0497. The Bertz CT molecular complexity index is 365. The lowest BCUT2D eigenvalue weighted by molar-refractivity contribution is 0.0593. The van der Waals surface area contributed by atoms with Crippen LogP contribution in [0, 0.1) is 5.92 Å². The molecular formula is C13H16O3. The number of aliphatic hydroxyl groups is 1. The van der Waals surface area contributed by atoms with Gasteiger partial charge in [-0.2, -0.15) is 0 Å². The summed E-state index contributed by atoms with van der Waals surface area (Å²) < 4.78 is 4.61. The first-order valence-electron chi connectivity index (χ1n) is 5.58. The van der Waals surface area contributed by atoms with Gasteiger partial charge in [-0.25, -0.2) is 4.79 Å². The fourth-order valence-corrected chi connectivity index (χ4v) is 1.96. The van der Waals surface area contributed by atoms with Gasteiger partial charge in [-0.05, 0) is 36.5 Å². The number of aliphatic hydroxyl groups excluding tert-OH is 1. The monoisotopic (exact) mass is 220 g/mol. The quantitative estimate of drug-likeness (QED) is 0.795. The van der Waals surface area contributed by atoms with Gasteiger partial charge >= 0.3 is 5.97 Å². The van der Waals surface area contributed by atoms with Gasteiger partial charge in [0, 0.05) is 0 Å². The normalized spacial score (nSPS) is 17.6. The molecule has 3 heteroatoms. The lowest BCUT2D eigenvalue weighted by Crippen LogP contribution is -2.20. The SMILES string of the molecule is COC(=O)c1ccc([C@@H](O)C2CCC2)cc1. The second kappa shape index (κ2) is 4.66. The van der Waals surface area contributed by atoms with E-state index in [0.29, 0.717) is 11.5 Å². The summed E-state index contributed by atoms with van der Waals surface area (Å²) in [4.78, 5) is 11.2. The number of ether oxygens (including phenoxy) is 1. The van der Waals surface area contributed by atoms with Crippen molar-refractivity contribution in [1.29, 1.82) is 0 Å². The molecule has 0 radical (unpaired) electrons. The van der Waals surface area contributed by atoms with Crippen LogP contribution in [0.3, 0.4) is 0 Å². The zero-order valence-corrected chi connectivity index (χ0v) is 9.35. The maximum absolute atomic E-state index is 11.2. The molecule has 1 atom stereocenters. The second-order valence-electron chi connectivity index (χ2n) is 4.25. The van der Waals surface area contributed by atoms with Gasteiger partial charge < -0.3 is 9.84 Å². The number of carbonyl (C=O) groups excluding carboxylic acids is 1. The Morgan fingerprint density at radius 1 is 1.38 bits per heavy atom. The molecule has 0 bridgehead atoms. The molecule has 86 valence electrons. The van der Waals surface area contributed by atoms with Gasteiger partial charge in [-0.1, -0.05) is 18.6 Å². The molecule has 0 spiro atoms. The lowest BCUT2D eigenvalue weighted by atomic mass is 9.79. The molecule has 16 heavy (non-hydrogen) atoms. The van der Waals surface area contributed by atoms with Crippen molar-refractivity contribution in [1.82, 2.24) is 0 Å². The molecule has 1 saturated carbocycles. The van der Waals surface area contributed by atoms with Crippen molar-refractivity contribution >= 4 is 5.97 Å². The number of hydrogen-bond acceptors (Lipinski definition) is 3. The van der Waals surface area contributed by atoms with Crippen LogP contribution in [0.2, 0.25) is 0 Å². The zero-order valence-electron chi connectivity index (χ0n) is 9.35. The summed E-state index contributed by atoms with van der Waals surface area (Å²) >= 11 is 0. The van der Waals surface area contributed by atoms with Crippen LogP contribution in [-0.4, -0.2) is 18.2 Å². The molecule has 1 aromatic carbocycles. The summed E-state index contributed by atoms with van der Waals surface area (Å²) in [5, 5.41) is 10.0. The van der Waals surface area contributed by atoms with Gasteiger partial charge in [0.25, 0.3) is 0 Å². The van der Waals surface area contributed by atoms with Crippen molar-refractivity contribution in [3.05, 3.63) is 35.4 Å². The predicted molar refractivity (Wildman–Crippen MR) is 60.1 cm³/mol. The Balaban J connectivity index is 2.09. The van der Waals surface area contributed by atoms with Crippen LogP contribution >= 0.6 is 0 Å². The molecule has 0 amide bonds. The van der Waals surface area contributed by atoms with Crippen LogP contribution in [0.4, 0.5) is 0 Å². The average molecular weight is 220 g/mol. The fraction of sp³-hybridized carbons (Fsp3) is 0.462. The van der Waals surface area contributed by atoms with Crippen molar-refractivity contribution < 1.29 is 14.6 Å². The van der Waals surface area contributed by atoms with Gasteiger partial charge in [0.15, 0.2) is 0 Å². The number of hydrogen-bond donors (Lipinski definition) is 1. The van der Waals surface area contributed by atoms with Crippen molar-refractivity contribution in [3.63, 3.8) is 0 Å². The van der Waals surface area contributed by atoms with Crippen LogP contribution in [0.15, 0.2) is 24.3 Å². The Kier molecular flexibility index (Phi) is 3.25. The number of methoxy groups -OCH3 is 1. The lowest BCUT2D eigenvalue weighted by Gasteiger charge is -2.30. The van der Waals surface area contributed by atoms with Gasteiger partial charge in [0.2, 0.25) is 0 Å². The summed E-state index contributed by atoms with van der Waals surface area (Å²) in [6.07, 6.45) is 3.02. The first-order valence-corrected chi connectivity index (χ1v) is 5.58. The first kappa shape index (κ1) is 11.1. The molecule has 1 N–H and O–H groups in total. The van der Waals surface area contributed by atoms with Gasteiger partial charge in [-0.3, -0.25) is 0 Å². The van der Waals surface area contributed by atoms with E-state index in [1.807, 2.05) is 0 Å². The summed E-state index contributed by atoms with van der Waals surface area (Å²) in [5.41, 5.74) is 1.41. The van der Waals surface area contributed by atoms with Gasteiger partial charge in [0.05, 0.1) is 18.8 Å². The third kappa shape index (κ3) is 2.09. The van der Waals surface area contributed by atoms with Crippen molar-refractivity contribution in [2.45, 2.75) is 25.4 Å². The highest BCUT2D eigenvalue weighted by Crippen LogP contribution is 2.37. The summed E-state index contributed by atoms with van der Waals surface area (Å²) in [7, 11) is 1.36. The molecule has 0 saturated heterocycles. The third-order valence-corrected chi connectivity index (χ3v) is 3.27. The van der Waals surface area contributed by atoms with Crippen LogP contribution in [-0.2, 0) is 4.74 Å². The maximum Gasteiger partial charge on any atom is 0.337 e. The van der Waals surface area contributed by atoms with E-state index in [9.17, 15) is 9.90 Å². The first-order chi connectivity index (χ1) is 7.72. The minimum atomic E-state index is -0.388. The van der Waals surface area contributed by atoms with E-state index in [2.05, 4.69) is 4.74 Å². The highest BCUT2D eigenvalue weighted by molar-refractivity contribution is 5.89. The van der Waals surface area contributed by atoms with Crippen molar-refractivity contribution in [2.24, 2.45) is 5.92 Å². The highest BCUT2D eigenvalue weighted by Gasteiger charge is 2.26. The number of carbonyl (C=O) groups is 1. The molecular weight excluding hydrogens is 204 g/mol. The van der Waals surface area contributed by atoms with Crippen molar-refractivity contribution in [2.75, 3.05) is 7.11 Å². The van der Waals surface area contributed by atoms with Crippen molar-refractivity contribution in [3.8, 4) is 0 Å². The second-order valence-corrected chi connectivity index (χ2v) is 4.25. The van der Waals surface area contributed by atoms with Crippen LogP contribution < -0.4 is 0 Å². The summed E-state index contributed by atoms with van der Waals surface area (Å²) in [6.45, 7) is 0. The molecule has 0 unspecified atom stereocenters. The van der Waals surface area contributed by atoms with E-state index in [0.717, 1.165) is 18.4 Å². The minimum Gasteiger partial charge on any atom is -0.465 e. The number of benzene rings is 1. The van der Waals surface area contributed by atoms with Gasteiger partial charge in [-0.15, -0.1) is 0 Å². The van der Waals surface area contributed by atoms with Crippen LogP contribution in [0.25, 0.3) is 0 Å². The van der Waals surface area contributed by atoms with E-state index in [4.69, 9.17) is 0 Å². The molecule has 1 fully saturated rings. The zero-order chi connectivity index (χ0) is 11.5. The maximum atomic E-state index is 11.2. The van der Waals surface area contributed by atoms with E-state index >= 15 is 0 Å². The molecule has 0 aromatic heterocycles. The Morgan fingerprint density at radius 3 is 2.44 bits per heavy atom. The summed E-state index contributed by atoms with van der Waals surface area (Å²) in [6, 6.07) is 7.00. The van der Waals surface area contributed by atoms with E-state index in [1.54, 1.807) is 24.3 Å². The van der Waals surface area contributed by atoms with E-state index in [1.165, 1.54) is 13.5 Å². The topological polar surface area (TPSA) is 46.5 Å². The molecule has 0 aliphatic heterocycles. The van der Waals surface area contributed by atoms with E-state index < -0.39 is 0 Å². The van der Waals surface area contributed by atoms with E-state index in [-0.39, 0.29) is 12.1 Å². The largest absolute Gasteiger partial charge is 0.465 e. The predicted octanol–water partition coefficient (Wildman–Crippen LogP) is 2.31. The number of rotatable bonds is 3. The van der Waals surface area contributed by atoms with Crippen LogP contribution in [0.5, 0.6) is 0 Å². The molecule has 0 heterocycles. The standard InChI is InChI=1S/C13H16O3/c1-16-13(15)11-7-5-10(6-8-11)12(14)9-3-2-4-9/h5-9,12,14H,2-4H2,1H3/t12-/m0/s1. The Morgan fingerprint density at radius 2 is 2.00 bits per heavy atom. The third-order valence-electron chi connectivity index (χ3n) is 3.27. The molecule has 2 rings (SSSR count). The Labute approximate surface area is 95.0 Å². The average Bonchev–Trinajstić information content (AvgIpc) is 2.26. The molecule has 1 aliphatic carbocycles. The smallest absolute Gasteiger partial charge is 0.337 e. The molecule has 1 aliphatic rings.